The maximum atomic E-state index is 14.5. The van der Waals surface area contributed by atoms with Crippen LogP contribution in [0.5, 0.6) is 0 Å². The average molecular weight is 1120 g/mol. The number of carbonyl (C=O) groups excluding carboxylic acids is 10. The molecule has 0 spiro atoms. The normalized spacial score (nSPS) is 15.1. The number of amides is 9. The van der Waals surface area contributed by atoms with Gasteiger partial charge in [0.05, 0.1) is 24.8 Å². The number of carbonyl (C=O) groups is 11. The van der Waals surface area contributed by atoms with E-state index in [4.69, 9.17) is 33.8 Å². The van der Waals surface area contributed by atoms with Crippen molar-refractivity contribution in [2.75, 3.05) is 13.1 Å². The van der Waals surface area contributed by atoms with Crippen LogP contribution in [0, 0.1) is 23.7 Å². The Balaban J connectivity index is 3.64. The van der Waals surface area contributed by atoms with Crippen molar-refractivity contribution in [1.29, 1.82) is 0 Å². The molecule has 0 radical (unpaired) electrons. The number of primary amides is 1. The lowest BCUT2D eigenvalue weighted by Gasteiger charge is -2.29. The predicted octanol–water partition coefficient (Wildman–Crippen LogP) is -2.54. The SMILES string of the molecule is CC[C@H](C)[C@H](NC(=O)[C@@H](N)CCCCN)C(=O)N[C@@H](CC(C)C)C(=O)N[C@@H](Cc1cnc[nH]1)C(=O)N[C@@H](CCCN=C(N)N)C(=O)N[C@@H](CC(C)C)C(=O)N[C@@H](CC(C)C)C(=O)N[C@@H](CCC(N)=O)C(=O)N[C@H](C=O)CC(=O)O. The fraction of sp³-hybridized carbons (Fsp3) is 0.706. The molecule has 0 saturated heterocycles. The molecule has 0 bridgehead atoms. The van der Waals surface area contributed by atoms with Gasteiger partial charge in [0.15, 0.2) is 5.96 Å². The molecule has 0 aromatic carbocycles. The van der Waals surface area contributed by atoms with Crippen LogP contribution in [0.2, 0.25) is 0 Å². The molecule has 20 N–H and O–H groups in total. The Morgan fingerprint density at radius 1 is 0.620 bits per heavy atom. The number of H-pyrrole nitrogens is 1. The Labute approximate surface area is 462 Å². The number of imidazole rings is 1. The van der Waals surface area contributed by atoms with Crippen molar-refractivity contribution < 1.29 is 57.8 Å². The number of unbranched alkanes of at least 4 members (excludes halogenated alkanes) is 1. The average Bonchev–Trinajstić information content (AvgIpc) is 3.88. The summed E-state index contributed by atoms with van der Waals surface area (Å²) in [6.45, 7) is 14.8. The van der Waals surface area contributed by atoms with E-state index in [0.29, 0.717) is 37.9 Å². The van der Waals surface area contributed by atoms with Gasteiger partial charge in [-0.15, -0.1) is 0 Å². The van der Waals surface area contributed by atoms with Crippen molar-refractivity contribution in [3.8, 4) is 0 Å². The molecule has 1 aromatic heterocycles. The Morgan fingerprint density at radius 2 is 1.09 bits per heavy atom. The zero-order chi connectivity index (χ0) is 59.9. The number of aldehydes is 1. The van der Waals surface area contributed by atoms with Gasteiger partial charge in [-0.25, -0.2) is 4.98 Å². The fourth-order valence-corrected chi connectivity index (χ4v) is 8.09. The van der Waals surface area contributed by atoms with Crippen LogP contribution in [-0.4, -0.2) is 154 Å². The highest BCUT2D eigenvalue weighted by Crippen LogP contribution is 2.15. The number of carboxylic acids is 1. The summed E-state index contributed by atoms with van der Waals surface area (Å²) in [6, 6.07) is -11.6. The van der Waals surface area contributed by atoms with Gasteiger partial charge in [0.2, 0.25) is 53.2 Å². The molecule has 0 fully saturated rings. The second-order valence-corrected chi connectivity index (χ2v) is 21.1. The van der Waals surface area contributed by atoms with Crippen molar-refractivity contribution in [2.45, 2.75) is 193 Å². The number of carboxylic acid groups (broad SMARTS) is 1. The first-order chi connectivity index (χ1) is 37.1. The second kappa shape index (κ2) is 36.8. The van der Waals surface area contributed by atoms with Gasteiger partial charge >= 0.3 is 5.97 Å². The van der Waals surface area contributed by atoms with E-state index in [1.165, 1.54) is 12.5 Å². The zero-order valence-electron chi connectivity index (χ0n) is 47.1. The zero-order valence-corrected chi connectivity index (χ0v) is 47.1. The van der Waals surface area contributed by atoms with Crippen molar-refractivity contribution in [2.24, 2.45) is 57.3 Å². The van der Waals surface area contributed by atoms with E-state index in [9.17, 15) is 52.7 Å². The third-order valence-corrected chi connectivity index (χ3v) is 12.5. The Kier molecular flexibility index (Phi) is 32.5. The molecule has 1 heterocycles. The van der Waals surface area contributed by atoms with E-state index in [2.05, 4.69) is 57.5 Å². The van der Waals surface area contributed by atoms with Gasteiger partial charge in [0, 0.05) is 31.3 Å². The van der Waals surface area contributed by atoms with Crippen LogP contribution >= 0.6 is 0 Å². The lowest BCUT2D eigenvalue weighted by Crippen LogP contribution is -2.61. The molecule has 9 amide bonds. The van der Waals surface area contributed by atoms with Crippen molar-refractivity contribution >= 4 is 71.4 Å². The third kappa shape index (κ3) is 28.3. The molecule has 446 valence electrons. The number of nitrogens with two attached hydrogens (primary N) is 5. The van der Waals surface area contributed by atoms with Crippen LogP contribution in [0.3, 0.4) is 0 Å². The fourth-order valence-electron chi connectivity index (χ4n) is 8.09. The largest absolute Gasteiger partial charge is 0.481 e. The second-order valence-electron chi connectivity index (χ2n) is 21.1. The van der Waals surface area contributed by atoms with Crippen molar-refractivity contribution in [3.63, 3.8) is 0 Å². The summed E-state index contributed by atoms with van der Waals surface area (Å²) in [5.41, 5.74) is 28.6. The first-order valence-electron chi connectivity index (χ1n) is 27.0. The molecule has 10 atom stereocenters. The number of aliphatic carboxylic acids is 1. The highest BCUT2D eigenvalue weighted by molar-refractivity contribution is 5.98. The summed E-state index contributed by atoms with van der Waals surface area (Å²) in [5, 5.41) is 30.2. The van der Waals surface area contributed by atoms with Crippen molar-refractivity contribution in [1.82, 2.24) is 52.5 Å². The first-order valence-corrected chi connectivity index (χ1v) is 27.0. The number of hydrogen-bond donors (Lipinski definition) is 15. The molecule has 28 nitrogen and oxygen atoms in total. The minimum Gasteiger partial charge on any atom is -0.481 e. The summed E-state index contributed by atoms with van der Waals surface area (Å²) in [5.74, 6) is -9.76. The summed E-state index contributed by atoms with van der Waals surface area (Å²) in [7, 11) is 0. The number of guanidine groups is 1. The molecule has 0 saturated carbocycles. The standard InChI is InChI=1S/C51H90N16O12/c1-9-30(8)42(67-43(72)33(53)13-10-11-17-52)50(79)66-38(21-29(6)7)48(77)65-39(22-31-24-57-26-59-31)49(78)61-34(14-12-18-58-51(55)56)45(74)63-37(20-28(4)5)47(76)64-36(19-27(2)3)46(75)62-35(15-16-40(54)69)44(73)60-32(25-68)23-41(70)71/h24-30,32-39,42H,9-23,52-53H2,1-8H3,(H2,54,69)(H,57,59)(H,60,73)(H,61,78)(H,62,75)(H,63,74)(H,64,76)(H,65,77)(H,66,79)(H,67,72)(H,70,71)(H4,55,56,58)/t30-,32-,33-,34-,35-,36-,37-,38-,39-,42-/m0/s1. The lowest BCUT2D eigenvalue weighted by molar-refractivity contribution is -0.139. The number of aromatic nitrogens is 2. The third-order valence-electron chi connectivity index (χ3n) is 12.5. The Hall–Kier alpha value is -7.23. The van der Waals surface area contributed by atoms with E-state index in [1.54, 1.807) is 34.6 Å². The molecule has 1 rings (SSSR count). The number of hydrogen-bond acceptors (Lipinski definition) is 15. The van der Waals surface area contributed by atoms with Crippen LogP contribution in [0.15, 0.2) is 17.5 Å². The van der Waals surface area contributed by atoms with E-state index in [1.807, 2.05) is 20.8 Å². The van der Waals surface area contributed by atoms with Crippen LogP contribution in [0.1, 0.15) is 138 Å². The van der Waals surface area contributed by atoms with E-state index in [-0.39, 0.29) is 87.4 Å². The maximum absolute atomic E-state index is 14.5. The molecule has 0 aliphatic rings. The molecular formula is C51H90N16O12. The van der Waals surface area contributed by atoms with Gasteiger partial charge < -0.3 is 86.1 Å². The van der Waals surface area contributed by atoms with Gasteiger partial charge in [-0.05, 0) is 81.6 Å². The summed E-state index contributed by atoms with van der Waals surface area (Å²) >= 11 is 0. The lowest BCUT2D eigenvalue weighted by atomic mass is 9.96. The van der Waals surface area contributed by atoms with Crippen LogP contribution < -0.4 is 71.2 Å². The maximum Gasteiger partial charge on any atom is 0.305 e. The van der Waals surface area contributed by atoms with Crippen molar-refractivity contribution in [3.05, 3.63) is 18.2 Å². The Bertz CT molecular complexity index is 2170. The number of rotatable bonds is 40. The van der Waals surface area contributed by atoms with Gasteiger partial charge in [-0.3, -0.25) is 52.9 Å². The van der Waals surface area contributed by atoms with E-state index in [0.717, 1.165) is 0 Å². The quantitative estimate of drug-likeness (QED) is 0.0139. The predicted molar refractivity (Wildman–Crippen MR) is 293 cm³/mol. The highest BCUT2D eigenvalue weighted by atomic mass is 16.4. The van der Waals surface area contributed by atoms with Gasteiger partial charge in [-0.2, -0.15) is 0 Å². The van der Waals surface area contributed by atoms with Gasteiger partial charge in [0.1, 0.15) is 48.6 Å². The molecule has 0 unspecified atom stereocenters. The number of nitrogens with zero attached hydrogens (tertiary/aromatic N) is 2. The van der Waals surface area contributed by atoms with Crippen LogP contribution in [0.25, 0.3) is 0 Å². The highest BCUT2D eigenvalue weighted by Gasteiger charge is 2.36. The smallest absolute Gasteiger partial charge is 0.305 e. The van der Waals surface area contributed by atoms with E-state index >= 15 is 0 Å². The van der Waals surface area contributed by atoms with Gasteiger partial charge in [-0.1, -0.05) is 68.2 Å². The molecule has 28 heteroatoms. The molecular weight excluding hydrogens is 1030 g/mol. The summed E-state index contributed by atoms with van der Waals surface area (Å²) in [4.78, 5) is 157. The van der Waals surface area contributed by atoms with Crippen LogP contribution in [-0.2, 0) is 59.2 Å². The molecule has 79 heavy (non-hydrogen) atoms. The monoisotopic (exact) mass is 1120 g/mol. The summed E-state index contributed by atoms with van der Waals surface area (Å²) < 4.78 is 0. The number of aromatic amines is 1. The number of aliphatic imine (C=N–C) groups is 1. The Morgan fingerprint density at radius 3 is 1.53 bits per heavy atom. The molecule has 0 aliphatic heterocycles. The summed E-state index contributed by atoms with van der Waals surface area (Å²) in [6.07, 6.45) is 3.64. The molecule has 0 aliphatic carbocycles. The number of nitrogens with one attached hydrogen (secondary N) is 9. The topological polar surface area (TPSA) is 475 Å². The molecule has 1 aromatic rings. The minimum atomic E-state index is -1.50. The van der Waals surface area contributed by atoms with E-state index < -0.39 is 126 Å². The minimum absolute atomic E-state index is 0.00829. The van der Waals surface area contributed by atoms with Crippen LogP contribution in [0.4, 0.5) is 0 Å². The van der Waals surface area contributed by atoms with Gasteiger partial charge in [0.25, 0.3) is 0 Å². The first kappa shape index (κ1) is 69.8.